The molecule has 138 valence electrons. The van der Waals surface area contributed by atoms with Gasteiger partial charge in [-0.15, -0.1) is 0 Å². The maximum Gasteiger partial charge on any atom is 0.280 e. The Hall–Kier alpha value is -2.23. The number of guanidine groups is 1. The molecule has 0 atom stereocenters. The van der Waals surface area contributed by atoms with Gasteiger partial charge in [-0.25, -0.2) is 17.2 Å². The van der Waals surface area contributed by atoms with Gasteiger partial charge >= 0.3 is 0 Å². The summed E-state index contributed by atoms with van der Waals surface area (Å²) in [4.78, 5) is 15.3. The van der Waals surface area contributed by atoms with E-state index in [1.165, 1.54) is 12.1 Å². The number of nitrogens with zero attached hydrogens (tertiary/aromatic N) is 1. The van der Waals surface area contributed by atoms with Crippen LogP contribution in [0.4, 0.5) is 14.5 Å². The molecule has 25 heavy (non-hydrogen) atoms. The van der Waals surface area contributed by atoms with Crippen molar-refractivity contribution in [1.29, 1.82) is 0 Å². The molecule has 0 aliphatic heterocycles. The Morgan fingerprint density at radius 2 is 1.96 bits per heavy atom. The maximum absolute atomic E-state index is 12.9. The minimum Gasteiger partial charge on any atom is -0.384 e. The lowest BCUT2D eigenvalue weighted by molar-refractivity contribution is -0.106. The van der Waals surface area contributed by atoms with E-state index >= 15 is 0 Å². The number of carbonyl (C=O) groups is 1. The van der Waals surface area contributed by atoms with Crippen molar-refractivity contribution in [3.8, 4) is 0 Å². The monoisotopic (exact) mass is 374 g/mol. The second kappa shape index (κ2) is 6.58. The molecule has 0 unspecified atom stereocenters. The van der Waals surface area contributed by atoms with Crippen molar-refractivity contribution in [2.45, 2.75) is 30.6 Å². The molecular formula is C15H20F2N4O3S. The van der Waals surface area contributed by atoms with Gasteiger partial charge < -0.3 is 16.8 Å². The molecule has 0 bridgehead atoms. The highest BCUT2D eigenvalue weighted by Gasteiger charge is 2.44. The molecule has 0 radical (unpaired) electrons. The van der Waals surface area contributed by atoms with Crippen molar-refractivity contribution < 1.29 is 22.0 Å². The predicted octanol–water partition coefficient (Wildman–Crippen LogP) is 1.27. The van der Waals surface area contributed by atoms with Crippen LogP contribution in [0.25, 0.3) is 0 Å². The number of anilines is 1. The Bertz CT molecular complexity index is 825. The van der Waals surface area contributed by atoms with E-state index in [1.807, 2.05) is 0 Å². The third-order valence-corrected chi connectivity index (χ3v) is 5.08. The highest BCUT2D eigenvalue weighted by atomic mass is 32.2. The first-order chi connectivity index (χ1) is 11.4. The third kappa shape index (κ3) is 4.65. The summed E-state index contributed by atoms with van der Waals surface area (Å²) in [5, 5.41) is 2.90. The van der Waals surface area contributed by atoms with E-state index in [0.717, 1.165) is 6.26 Å². The highest BCUT2D eigenvalue weighted by molar-refractivity contribution is 7.90. The first kappa shape index (κ1) is 19.1. The zero-order chi connectivity index (χ0) is 19.0. The summed E-state index contributed by atoms with van der Waals surface area (Å²) in [7, 11) is -3.67. The summed E-state index contributed by atoms with van der Waals surface area (Å²) < 4.78 is 49.9. The predicted molar refractivity (Wildman–Crippen MR) is 90.6 cm³/mol. The minimum absolute atomic E-state index is 0.0505. The van der Waals surface area contributed by atoms with Gasteiger partial charge in [0.25, 0.3) is 5.91 Å². The van der Waals surface area contributed by atoms with Crippen LogP contribution in [-0.2, 0) is 9.84 Å². The number of aryl methyl sites for hydroxylation is 1. The first-order valence-corrected chi connectivity index (χ1v) is 9.38. The van der Waals surface area contributed by atoms with Crippen molar-refractivity contribution in [2.75, 3.05) is 18.1 Å². The summed E-state index contributed by atoms with van der Waals surface area (Å²) in [6.07, 6.45) is 0.539. The number of hydrogen-bond donors (Lipinski definition) is 3. The molecule has 1 aromatic carbocycles. The Balaban J connectivity index is 2.32. The molecule has 0 heterocycles. The smallest absolute Gasteiger partial charge is 0.280 e. The van der Waals surface area contributed by atoms with Crippen molar-refractivity contribution in [3.63, 3.8) is 0 Å². The molecule has 7 nitrogen and oxygen atoms in total. The van der Waals surface area contributed by atoms with Crippen LogP contribution in [-0.4, -0.2) is 39.0 Å². The number of benzene rings is 1. The van der Waals surface area contributed by atoms with E-state index < -0.39 is 27.6 Å². The van der Waals surface area contributed by atoms with Crippen LogP contribution >= 0.6 is 0 Å². The molecule has 1 fully saturated rings. The zero-order valence-electron chi connectivity index (χ0n) is 13.8. The lowest BCUT2D eigenvalue weighted by atomic mass is 9.81. The number of alkyl halides is 2. The SMILES string of the molecule is Cc1cc(NCC2CC(F)(F)C2)c(S(C)(=O)=O)cc1C(=O)N=C(N)N. The fourth-order valence-corrected chi connectivity index (χ4v) is 3.59. The normalized spacial score (nSPS) is 16.8. The number of amides is 1. The standard InChI is InChI=1S/C15H20F2N4O3S/c1-8-3-11(20-7-9-5-15(16,17)6-9)12(25(2,23)24)4-10(8)13(22)21-14(18)19/h3-4,9,20H,5-7H2,1-2H3,(H4,18,19,21,22). The first-order valence-electron chi connectivity index (χ1n) is 7.49. The molecule has 1 aliphatic rings. The number of sulfone groups is 1. The molecule has 1 saturated carbocycles. The lowest BCUT2D eigenvalue weighted by Gasteiger charge is -2.35. The zero-order valence-corrected chi connectivity index (χ0v) is 14.7. The topological polar surface area (TPSA) is 128 Å². The molecular weight excluding hydrogens is 354 g/mol. The Morgan fingerprint density at radius 3 is 2.44 bits per heavy atom. The third-order valence-electron chi connectivity index (χ3n) is 3.94. The van der Waals surface area contributed by atoms with Crippen LogP contribution in [0.15, 0.2) is 22.0 Å². The number of halogens is 2. The molecule has 2 rings (SSSR count). The number of carbonyl (C=O) groups excluding carboxylic acids is 1. The molecule has 10 heteroatoms. The van der Waals surface area contributed by atoms with E-state index in [1.54, 1.807) is 6.92 Å². The number of aliphatic imine (C=N–C) groups is 1. The highest BCUT2D eigenvalue weighted by Crippen LogP contribution is 2.42. The van der Waals surface area contributed by atoms with Gasteiger partial charge in [-0.05, 0) is 30.5 Å². The maximum atomic E-state index is 12.9. The molecule has 0 spiro atoms. The number of nitrogens with one attached hydrogen (secondary N) is 1. The fourth-order valence-electron chi connectivity index (χ4n) is 2.72. The summed E-state index contributed by atoms with van der Waals surface area (Å²) in [5.41, 5.74) is 11.1. The number of nitrogens with two attached hydrogens (primary N) is 2. The van der Waals surface area contributed by atoms with Crippen molar-refractivity contribution >= 4 is 27.4 Å². The second-order valence-electron chi connectivity index (χ2n) is 6.29. The molecule has 0 saturated heterocycles. The Kier molecular flexibility index (Phi) is 5.03. The molecule has 1 aliphatic carbocycles. The summed E-state index contributed by atoms with van der Waals surface area (Å²) >= 11 is 0. The van der Waals surface area contributed by atoms with Gasteiger partial charge in [0, 0.05) is 31.2 Å². The average Bonchev–Trinajstić information content (AvgIpc) is 2.40. The van der Waals surface area contributed by atoms with Crippen LogP contribution in [0.2, 0.25) is 0 Å². The average molecular weight is 374 g/mol. The van der Waals surface area contributed by atoms with E-state index in [2.05, 4.69) is 10.3 Å². The van der Waals surface area contributed by atoms with E-state index in [0.29, 0.717) is 5.56 Å². The van der Waals surface area contributed by atoms with Crippen LogP contribution in [0.5, 0.6) is 0 Å². The quantitative estimate of drug-likeness (QED) is 0.526. The van der Waals surface area contributed by atoms with Crippen LogP contribution in [0, 0.1) is 12.8 Å². The molecule has 5 N–H and O–H groups in total. The van der Waals surface area contributed by atoms with E-state index in [4.69, 9.17) is 11.5 Å². The lowest BCUT2D eigenvalue weighted by Crippen LogP contribution is -2.39. The second-order valence-corrected chi connectivity index (χ2v) is 8.27. The molecule has 0 aromatic heterocycles. The van der Waals surface area contributed by atoms with Gasteiger partial charge in [-0.1, -0.05) is 0 Å². The minimum atomic E-state index is -3.67. The number of hydrogen-bond acceptors (Lipinski definition) is 4. The van der Waals surface area contributed by atoms with Crippen molar-refractivity contribution in [3.05, 3.63) is 23.3 Å². The van der Waals surface area contributed by atoms with Gasteiger partial charge in [-0.3, -0.25) is 4.79 Å². The summed E-state index contributed by atoms with van der Waals surface area (Å²) in [6.45, 7) is 1.82. The molecule has 1 amide bonds. The van der Waals surface area contributed by atoms with Gasteiger partial charge in [-0.2, -0.15) is 4.99 Å². The largest absolute Gasteiger partial charge is 0.384 e. The van der Waals surface area contributed by atoms with E-state index in [-0.39, 0.29) is 41.5 Å². The summed E-state index contributed by atoms with van der Waals surface area (Å²) in [6, 6.07) is 2.67. The van der Waals surface area contributed by atoms with Crippen LogP contribution < -0.4 is 16.8 Å². The van der Waals surface area contributed by atoms with Gasteiger partial charge in [0.15, 0.2) is 15.8 Å². The Morgan fingerprint density at radius 1 is 1.36 bits per heavy atom. The van der Waals surface area contributed by atoms with Crippen LogP contribution in [0.1, 0.15) is 28.8 Å². The fraction of sp³-hybridized carbons (Fsp3) is 0.467. The van der Waals surface area contributed by atoms with Crippen LogP contribution in [0.3, 0.4) is 0 Å². The van der Waals surface area contributed by atoms with Gasteiger partial charge in [0.1, 0.15) is 0 Å². The van der Waals surface area contributed by atoms with Crippen molar-refractivity contribution in [1.82, 2.24) is 0 Å². The van der Waals surface area contributed by atoms with Crippen molar-refractivity contribution in [2.24, 2.45) is 22.4 Å². The van der Waals surface area contributed by atoms with Gasteiger partial charge in [0.05, 0.1) is 10.6 Å². The van der Waals surface area contributed by atoms with Gasteiger partial charge in [0.2, 0.25) is 5.92 Å². The number of rotatable bonds is 5. The summed E-state index contributed by atoms with van der Waals surface area (Å²) in [5.74, 6) is -4.06. The van der Waals surface area contributed by atoms with E-state index in [9.17, 15) is 22.0 Å². The molecule has 1 aromatic rings. The Labute approximate surface area is 144 Å².